The van der Waals surface area contributed by atoms with E-state index in [4.69, 9.17) is 0 Å². The monoisotopic (exact) mass is 287 g/mol. The highest BCUT2D eigenvalue weighted by Gasteiger charge is 2.55. The molecule has 0 saturated heterocycles. The van der Waals surface area contributed by atoms with Gasteiger partial charge in [0.15, 0.2) is 0 Å². The first-order chi connectivity index (χ1) is 9.43. The summed E-state index contributed by atoms with van der Waals surface area (Å²) < 4.78 is 51.7. The summed E-state index contributed by atoms with van der Waals surface area (Å²) in [4.78, 5) is 0. The fourth-order valence-electron chi connectivity index (χ4n) is 3.91. The van der Waals surface area contributed by atoms with Crippen molar-refractivity contribution < 1.29 is 17.6 Å². The molecule has 0 radical (unpaired) electrons. The van der Waals surface area contributed by atoms with Gasteiger partial charge in [0, 0.05) is 6.04 Å². The molecule has 5 heteroatoms. The van der Waals surface area contributed by atoms with E-state index in [0.29, 0.717) is 23.3 Å². The Labute approximate surface area is 115 Å². The highest BCUT2D eigenvalue weighted by molar-refractivity contribution is 5.31. The predicted octanol–water partition coefficient (Wildman–Crippen LogP) is 4.15. The molecule has 0 heterocycles. The van der Waals surface area contributed by atoms with Gasteiger partial charge in [-0.3, -0.25) is 0 Å². The van der Waals surface area contributed by atoms with Crippen LogP contribution in [0.4, 0.5) is 17.6 Å². The minimum atomic E-state index is -4.64. The third kappa shape index (κ3) is 2.22. The van der Waals surface area contributed by atoms with Gasteiger partial charge in [-0.05, 0) is 55.3 Å². The Morgan fingerprint density at radius 3 is 2.40 bits per heavy atom. The summed E-state index contributed by atoms with van der Waals surface area (Å²) in [6.07, 6.45) is -1.08. The number of hydrogen-bond donors (Lipinski definition) is 1. The van der Waals surface area contributed by atoms with E-state index in [1.54, 1.807) is 7.05 Å². The Morgan fingerprint density at radius 1 is 1.20 bits per heavy atom. The third-order valence-electron chi connectivity index (χ3n) is 4.82. The number of hydrogen-bond acceptors (Lipinski definition) is 1. The van der Waals surface area contributed by atoms with Gasteiger partial charge in [-0.25, -0.2) is 4.39 Å². The average Bonchev–Trinajstić information content (AvgIpc) is 2.84. The quantitative estimate of drug-likeness (QED) is 0.823. The Kier molecular flexibility index (Phi) is 3.27. The zero-order valence-electron chi connectivity index (χ0n) is 11.2. The molecule has 110 valence electrons. The summed E-state index contributed by atoms with van der Waals surface area (Å²) in [6, 6.07) is 3.26. The van der Waals surface area contributed by atoms with Crippen LogP contribution in [0.15, 0.2) is 18.2 Å². The fraction of sp³-hybridized carbons (Fsp3) is 0.600. The van der Waals surface area contributed by atoms with E-state index in [2.05, 4.69) is 5.32 Å². The van der Waals surface area contributed by atoms with Gasteiger partial charge in [-0.2, -0.15) is 13.2 Å². The van der Waals surface area contributed by atoms with Gasteiger partial charge in [-0.15, -0.1) is 0 Å². The molecule has 20 heavy (non-hydrogen) atoms. The molecule has 2 fully saturated rings. The molecule has 0 aliphatic heterocycles. The molecule has 0 aromatic heterocycles. The normalized spacial score (nSPS) is 30.1. The molecule has 2 aliphatic rings. The number of fused-ring (bicyclic) bond motifs is 1. The zero-order chi connectivity index (χ0) is 14.5. The smallest absolute Gasteiger partial charge is 0.313 e. The van der Waals surface area contributed by atoms with Crippen LogP contribution in [0, 0.1) is 23.6 Å². The summed E-state index contributed by atoms with van der Waals surface area (Å²) in [5.41, 5.74) is -0.623. The van der Waals surface area contributed by atoms with Crippen LogP contribution in [0.25, 0.3) is 0 Å². The number of rotatable bonds is 3. The van der Waals surface area contributed by atoms with Crippen LogP contribution < -0.4 is 5.32 Å². The lowest BCUT2D eigenvalue weighted by Gasteiger charge is -2.20. The van der Waals surface area contributed by atoms with Crippen LogP contribution >= 0.6 is 0 Å². The van der Waals surface area contributed by atoms with Crippen molar-refractivity contribution >= 4 is 0 Å². The van der Waals surface area contributed by atoms with E-state index in [1.807, 2.05) is 0 Å². The van der Waals surface area contributed by atoms with Crippen LogP contribution in [0.2, 0.25) is 0 Å². The Bertz CT molecular complexity index is 501. The van der Waals surface area contributed by atoms with Crippen molar-refractivity contribution in [3.8, 4) is 0 Å². The summed E-state index contributed by atoms with van der Waals surface area (Å²) in [5.74, 6) is 0.464. The summed E-state index contributed by atoms with van der Waals surface area (Å²) in [6.45, 7) is 0. The first kappa shape index (κ1) is 13.9. The van der Waals surface area contributed by atoms with Gasteiger partial charge in [0.1, 0.15) is 5.82 Å². The van der Waals surface area contributed by atoms with E-state index in [0.717, 1.165) is 12.1 Å². The Hall–Kier alpha value is -1.10. The van der Waals surface area contributed by atoms with Gasteiger partial charge in [0.25, 0.3) is 0 Å². The van der Waals surface area contributed by atoms with Crippen LogP contribution in [0.1, 0.15) is 36.4 Å². The molecule has 3 unspecified atom stereocenters. The molecule has 1 aromatic rings. The zero-order valence-corrected chi connectivity index (χ0v) is 11.2. The largest absolute Gasteiger partial charge is 0.419 e. The van der Waals surface area contributed by atoms with Gasteiger partial charge >= 0.3 is 6.18 Å². The summed E-state index contributed by atoms with van der Waals surface area (Å²) >= 11 is 0. The molecule has 0 amide bonds. The van der Waals surface area contributed by atoms with Crippen LogP contribution in [-0.4, -0.2) is 7.05 Å². The molecule has 1 nitrogen and oxygen atoms in total. The van der Waals surface area contributed by atoms with E-state index in [1.165, 1.54) is 25.3 Å². The maximum atomic E-state index is 13.3. The van der Waals surface area contributed by atoms with Gasteiger partial charge in [-0.1, -0.05) is 12.5 Å². The highest BCUT2D eigenvalue weighted by atomic mass is 19.4. The van der Waals surface area contributed by atoms with E-state index < -0.39 is 17.6 Å². The number of alkyl halides is 3. The van der Waals surface area contributed by atoms with Gasteiger partial charge in [0.05, 0.1) is 5.56 Å². The molecular formula is C15H17F4N. The minimum absolute atomic E-state index is 0.105. The first-order valence-corrected chi connectivity index (χ1v) is 6.97. The topological polar surface area (TPSA) is 12.0 Å². The van der Waals surface area contributed by atoms with Gasteiger partial charge in [0.2, 0.25) is 0 Å². The lowest BCUT2D eigenvalue weighted by atomic mass is 9.95. The predicted molar refractivity (Wildman–Crippen MR) is 67.5 cm³/mol. The molecular weight excluding hydrogens is 270 g/mol. The fourth-order valence-corrected chi connectivity index (χ4v) is 3.91. The first-order valence-electron chi connectivity index (χ1n) is 6.97. The SMILES string of the molecule is CNC(c1ccc(F)c(C(F)(F)F)c1)C1C2CCCC21. The number of nitrogens with one attached hydrogen (secondary N) is 1. The number of benzene rings is 1. The molecule has 3 atom stereocenters. The lowest BCUT2D eigenvalue weighted by molar-refractivity contribution is -0.140. The summed E-state index contributed by atoms with van der Waals surface area (Å²) in [7, 11) is 1.76. The molecule has 0 spiro atoms. The molecule has 1 aromatic carbocycles. The molecule has 2 aliphatic carbocycles. The van der Waals surface area contributed by atoms with Gasteiger partial charge < -0.3 is 5.32 Å². The Morgan fingerprint density at radius 2 is 1.85 bits per heavy atom. The van der Waals surface area contributed by atoms with Crippen molar-refractivity contribution in [2.45, 2.75) is 31.5 Å². The van der Waals surface area contributed by atoms with Crippen LogP contribution in [0.5, 0.6) is 0 Å². The van der Waals surface area contributed by atoms with Crippen molar-refractivity contribution in [1.29, 1.82) is 0 Å². The molecule has 3 rings (SSSR count). The second-order valence-electron chi connectivity index (χ2n) is 5.84. The van der Waals surface area contributed by atoms with Crippen molar-refractivity contribution in [1.82, 2.24) is 5.32 Å². The van der Waals surface area contributed by atoms with E-state index in [9.17, 15) is 17.6 Å². The maximum absolute atomic E-state index is 13.3. The van der Waals surface area contributed by atoms with Crippen molar-refractivity contribution in [3.63, 3.8) is 0 Å². The molecule has 0 bridgehead atoms. The van der Waals surface area contributed by atoms with E-state index >= 15 is 0 Å². The highest BCUT2D eigenvalue weighted by Crippen LogP contribution is 2.62. The second kappa shape index (κ2) is 4.72. The number of halogens is 4. The summed E-state index contributed by atoms with van der Waals surface area (Å²) in [5, 5.41) is 3.12. The lowest BCUT2D eigenvalue weighted by Crippen LogP contribution is -2.21. The second-order valence-corrected chi connectivity index (χ2v) is 5.84. The van der Waals surface area contributed by atoms with Crippen LogP contribution in [0.3, 0.4) is 0 Å². The third-order valence-corrected chi connectivity index (χ3v) is 4.82. The molecule has 1 N–H and O–H groups in total. The van der Waals surface area contributed by atoms with E-state index in [-0.39, 0.29) is 6.04 Å². The van der Waals surface area contributed by atoms with Crippen molar-refractivity contribution in [2.75, 3.05) is 7.05 Å². The van der Waals surface area contributed by atoms with Crippen LogP contribution in [-0.2, 0) is 6.18 Å². The average molecular weight is 287 g/mol. The Balaban J connectivity index is 1.89. The van der Waals surface area contributed by atoms with Crippen molar-refractivity contribution in [3.05, 3.63) is 35.1 Å². The standard InChI is InChI=1S/C15H17F4N/c1-20-14(13-9-3-2-4-10(9)13)8-5-6-12(16)11(7-8)15(17,18)19/h5-7,9-10,13-14,20H,2-4H2,1H3. The van der Waals surface area contributed by atoms with Crippen molar-refractivity contribution in [2.24, 2.45) is 17.8 Å². The molecule has 2 saturated carbocycles. The minimum Gasteiger partial charge on any atom is -0.313 e. The maximum Gasteiger partial charge on any atom is 0.419 e.